The predicted molar refractivity (Wildman–Crippen MR) is 54.6 cm³/mol. The van der Waals surface area contributed by atoms with E-state index in [-0.39, 0.29) is 6.04 Å². The van der Waals surface area contributed by atoms with Crippen LogP contribution in [-0.4, -0.2) is 32.1 Å². The molecule has 1 fully saturated rings. The lowest BCUT2D eigenvalue weighted by Crippen LogP contribution is -2.44. The van der Waals surface area contributed by atoms with Crippen LogP contribution < -0.4 is 9.44 Å². The van der Waals surface area contributed by atoms with Crippen LogP contribution in [0, 0.1) is 0 Å². The van der Waals surface area contributed by atoms with Crippen LogP contribution in [0.1, 0.15) is 32.1 Å². The molecule has 15 heavy (non-hydrogen) atoms. The Bertz CT molecular complexity index is 309. The Hall–Kier alpha value is -0.660. The van der Waals surface area contributed by atoms with Gasteiger partial charge in [0, 0.05) is 6.04 Å². The van der Waals surface area contributed by atoms with E-state index < -0.39 is 22.7 Å². The molecule has 1 aliphatic rings. The van der Waals surface area contributed by atoms with E-state index in [4.69, 9.17) is 5.11 Å². The van der Waals surface area contributed by atoms with Gasteiger partial charge in [0.1, 0.15) is 6.54 Å². The second kappa shape index (κ2) is 5.43. The number of carbonyl (C=O) groups is 1. The van der Waals surface area contributed by atoms with Crippen molar-refractivity contribution < 1.29 is 18.3 Å². The van der Waals surface area contributed by atoms with Gasteiger partial charge in [0.15, 0.2) is 0 Å². The summed E-state index contributed by atoms with van der Waals surface area (Å²) in [5.41, 5.74) is 0. The first-order chi connectivity index (χ1) is 6.99. The lowest BCUT2D eigenvalue weighted by atomic mass is 9.96. The summed E-state index contributed by atoms with van der Waals surface area (Å²) in [7, 11) is -3.66. The van der Waals surface area contributed by atoms with Crippen LogP contribution in [0.5, 0.6) is 0 Å². The van der Waals surface area contributed by atoms with Gasteiger partial charge >= 0.3 is 5.97 Å². The summed E-state index contributed by atoms with van der Waals surface area (Å²) in [5, 5.41) is 8.33. The lowest BCUT2D eigenvalue weighted by molar-refractivity contribution is -0.135. The Morgan fingerprint density at radius 3 is 2.40 bits per heavy atom. The Balaban J connectivity index is 2.37. The van der Waals surface area contributed by atoms with Crippen molar-refractivity contribution in [1.29, 1.82) is 0 Å². The second-order valence-corrected chi connectivity index (χ2v) is 5.20. The smallest absolute Gasteiger partial charge is 0.318 e. The predicted octanol–water partition coefficient (Wildman–Crippen LogP) is -0.172. The fraction of sp³-hybridized carbons (Fsp3) is 0.875. The van der Waals surface area contributed by atoms with E-state index in [1.54, 1.807) is 0 Å². The summed E-state index contributed by atoms with van der Waals surface area (Å²) >= 11 is 0. The van der Waals surface area contributed by atoms with Gasteiger partial charge in [-0.1, -0.05) is 19.3 Å². The van der Waals surface area contributed by atoms with Crippen LogP contribution in [0.4, 0.5) is 0 Å². The zero-order valence-electron chi connectivity index (χ0n) is 8.40. The number of carboxylic acid groups (broad SMARTS) is 1. The summed E-state index contributed by atoms with van der Waals surface area (Å²) in [6, 6.07) is -0.0509. The zero-order chi connectivity index (χ0) is 11.3. The molecule has 0 aromatic heterocycles. The van der Waals surface area contributed by atoms with Gasteiger partial charge in [-0.2, -0.15) is 17.9 Å². The average molecular weight is 236 g/mol. The quantitative estimate of drug-likeness (QED) is 0.617. The molecule has 0 atom stereocenters. The third-order valence-electron chi connectivity index (χ3n) is 2.34. The first kappa shape index (κ1) is 12.4. The molecular formula is C8H16N2O4S. The molecule has 0 aromatic carbocycles. The van der Waals surface area contributed by atoms with Crippen LogP contribution in [0.25, 0.3) is 0 Å². The summed E-state index contributed by atoms with van der Waals surface area (Å²) in [6.07, 6.45) is 4.83. The van der Waals surface area contributed by atoms with Gasteiger partial charge < -0.3 is 5.11 Å². The maximum absolute atomic E-state index is 11.3. The molecule has 0 heterocycles. The number of nitrogens with one attached hydrogen (secondary N) is 2. The Labute approximate surface area is 89.2 Å². The highest BCUT2D eigenvalue weighted by atomic mass is 32.2. The number of aliphatic carboxylic acids is 1. The molecule has 7 heteroatoms. The maximum atomic E-state index is 11.3. The van der Waals surface area contributed by atoms with E-state index in [0.717, 1.165) is 32.1 Å². The van der Waals surface area contributed by atoms with E-state index in [1.165, 1.54) is 0 Å². The molecule has 0 aliphatic heterocycles. The molecule has 1 saturated carbocycles. The lowest BCUT2D eigenvalue weighted by Gasteiger charge is -2.22. The van der Waals surface area contributed by atoms with Gasteiger partial charge in [0.2, 0.25) is 0 Å². The van der Waals surface area contributed by atoms with Gasteiger partial charge in [-0.05, 0) is 12.8 Å². The highest BCUT2D eigenvalue weighted by Gasteiger charge is 2.19. The number of hydrogen-bond acceptors (Lipinski definition) is 3. The monoisotopic (exact) mass is 236 g/mol. The summed E-state index contributed by atoms with van der Waals surface area (Å²) in [5.74, 6) is -1.19. The molecule has 88 valence electrons. The van der Waals surface area contributed by atoms with Crippen LogP contribution in [0.15, 0.2) is 0 Å². The van der Waals surface area contributed by atoms with Gasteiger partial charge in [-0.25, -0.2) is 0 Å². The fourth-order valence-corrected chi connectivity index (χ4v) is 2.71. The SMILES string of the molecule is O=C(O)CNS(=O)(=O)NC1CCCCC1. The second-order valence-electron chi connectivity index (χ2n) is 3.67. The highest BCUT2D eigenvalue weighted by Crippen LogP contribution is 2.17. The zero-order valence-corrected chi connectivity index (χ0v) is 9.22. The molecule has 1 aliphatic carbocycles. The standard InChI is InChI=1S/C8H16N2O4S/c11-8(12)6-9-15(13,14)10-7-4-2-1-3-5-7/h7,9-10H,1-6H2,(H,11,12). The molecule has 0 unspecified atom stereocenters. The molecule has 0 amide bonds. The van der Waals surface area contributed by atoms with Crippen molar-refractivity contribution in [3.05, 3.63) is 0 Å². The summed E-state index contributed by atoms with van der Waals surface area (Å²) in [6.45, 7) is -0.581. The van der Waals surface area contributed by atoms with Crippen molar-refractivity contribution in [2.75, 3.05) is 6.54 Å². The van der Waals surface area contributed by atoms with Crippen LogP contribution in [0.2, 0.25) is 0 Å². The van der Waals surface area contributed by atoms with Crippen LogP contribution >= 0.6 is 0 Å². The minimum Gasteiger partial charge on any atom is -0.480 e. The third kappa shape index (κ3) is 5.10. The van der Waals surface area contributed by atoms with E-state index >= 15 is 0 Å². The Morgan fingerprint density at radius 2 is 1.87 bits per heavy atom. The molecule has 0 aromatic rings. The molecule has 6 nitrogen and oxygen atoms in total. The average Bonchev–Trinajstić information content (AvgIpc) is 2.16. The van der Waals surface area contributed by atoms with Crippen molar-refractivity contribution in [3.8, 4) is 0 Å². The number of carboxylic acids is 1. The fourth-order valence-electron chi connectivity index (χ4n) is 1.64. The van der Waals surface area contributed by atoms with Crippen molar-refractivity contribution in [2.24, 2.45) is 0 Å². The van der Waals surface area contributed by atoms with Crippen molar-refractivity contribution in [1.82, 2.24) is 9.44 Å². The van der Waals surface area contributed by atoms with Gasteiger partial charge in [0.25, 0.3) is 10.2 Å². The van der Waals surface area contributed by atoms with Gasteiger partial charge in [-0.3, -0.25) is 4.79 Å². The molecule has 0 spiro atoms. The first-order valence-electron chi connectivity index (χ1n) is 4.98. The molecule has 0 radical (unpaired) electrons. The molecule has 0 saturated heterocycles. The van der Waals surface area contributed by atoms with Crippen LogP contribution in [0.3, 0.4) is 0 Å². The maximum Gasteiger partial charge on any atom is 0.318 e. The Morgan fingerprint density at radius 1 is 1.27 bits per heavy atom. The van der Waals surface area contributed by atoms with E-state index in [1.807, 2.05) is 4.72 Å². The van der Waals surface area contributed by atoms with E-state index in [9.17, 15) is 13.2 Å². The topological polar surface area (TPSA) is 95.5 Å². The van der Waals surface area contributed by atoms with Gasteiger partial charge in [0.05, 0.1) is 0 Å². The molecular weight excluding hydrogens is 220 g/mol. The third-order valence-corrected chi connectivity index (χ3v) is 3.51. The van der Waals surface area contributed by atoms with Crippen molar-refractivity contribution in [3.63, 3.8) is 0 Å². The normalized spacial score (nSPS) is 18.9. The Kier molecular flexibility index (Phi) is 4.49. The molecule has 0 bridgehead atoms. The van der Waals surface area contributed by atoms with E-state index in [2.05, 4.69) is 4.72 Å². The van der Waals surface area contributed by atoms with Crippen molar-refractivity contribution >= 4 is 16.2 Å². The summed E-state index contributed by atoms with van der Waals surface area (Å²) in [4.78, 5) is 10.2. The van der Waals surface area contributed by atoms with Gasteiger partial charge in [-0.15, -0.1) is 0 Å². The van der Waals surface area contributed by atoms with Crippen LogP contribution in [-0.2, 0) is 15.0 Å². The molecule has 3 N–H and O–H groups in total. The van der Waals surface area contributed by atoms with E-state index in [0.29, 0.717) is 0 Å². The first-order valence-corrected chi connectivity index (χ1v) is 6.46. The molecule has 1 rings (SSSR count). The minimum atomic E-state index is -3.66. The highest BCUT2D eigenvalue weighted by molar-refractivity contribution is 7.87. The minimum absolute atomic E-state index is 0.0509. The number of rotatable bonds is 5. The largest absolute Gasteiger partial charge is 0.480 e. The van der Waals surface area contributed by atoms with Crippen molar-refractivity contribution in [2.45, 2.75) is 38.1 Å². The number of hydrogen-bond donors (Lipinski definition) is 3. The summed E-state index contributed by atoms with van der Waals surface area (Å²) < 4.78 is 27.1.